The Morgan fingerprint density at radius 3 is 2.76 bits per heavy atom. The smallest absolute Gasteiger partial charge is 0.303 e. The number of aryl methyl sites for hydroxylation is 1. The Labute approximate surface area is 144 Å². The van der Waals surface area contributed by atoms with Crippen molar-refractivity contribution in [1.29, 1.82) is 0 Å². The van der Waals surface area contributed by atoms with Crippen LogP contribution in [0.5, 0.6) is 0 Å². The molecule has 0 fully saturated rings. The first-order valence-corrected chi connectivity index (χ1v) is 7.96. The number of H-pyrrole nitrogens is 1. The van der Waals surface area contributed by atoms with Crippen molar-refractivity contribution < 1.29 is 14.7 Å². The van der Waals surface area contributed by atoms with E-state index in [1.165, 1.54) is 0 Å². The van der Waals surface area contributed by atoms with Crippen LogP contribution in [0.1, 0.15) is 30.5 Å². The van der Waals surface area contributed by atoms with Gasteiger partial charge in [0.1, 0.15) is 5.82 Å². The summed E-state index contributed by atoms with van der Waals surface area (Å²) in [5.41, 5.74) is 1.48. The fourth-order valence-corrected chi connectivity index (χ4v) is 2.34. The zero-order chi connectivity index (χ0) is 18.2. The third kappa shape index (κ3) is 5.52. The molecule has 2 heterocycles. The van der Waals surface area contributed by atoms with Crippen LogP contribution in [-0.2, 0) is 16.0 Å². The number of nitrogens with zero attached hydrogens (tertiary/aromatic N) is 2. The number of pyridine rings is 1. The fourth-order valence-electron chi connectivity index (χ4n) is 2.34. The van der Waals surface area contributed by atoms with Gasteiger partial charge in [0.2, 0.25) is 5.91 Å². The average molecular weight is 344 g/mol. The highest BCUT2D eigenvalue weighted by Gasteiger charge is 2.11. The van der Waals surface area contributed by atoms with E-state index < -0.39 is 5.97 Å². The predicted molar refractivity (Wildman–Crippen MR) is 91.0 cm³/mol. The van der Waals surface area contributed by atoms with Gasteiger partial charge in [-0.25, -0.2) is 4.98 Å². The highest BCUT2D eigenvalue weighted by molar-refractivity contribution is 5.76. The Balaban J connectivity index is 1.95. The van der Waals surface area contributed by atoms with Crippen molar-refractivity contribution in [3.63, 3.8) is 0 Å². The van der Waals surface area contributed by atoms with Crippen molar-refractivity contribution in [2.45, 2.75) is 32.6 Å². The topological polar surface area (TPSA) is 125 Å². The molecule has 0 aliphatic carbocycles. The summed E-state index contributed by atoms with van der Waals surface area (Å²) in [6, 6.07) is 3.56. The molecule has 0 aliphatic heterocycles. The Bertz CT molecular complexity index is 802. The number of aromatic nitrogens is 3. The molecule has 2 rings (SSSR count). The summed E-state index contributed by atoms with van der Waals surface area (Å²) >= 11 is 0. The molecule has 0 atom stereocenters. The van der Waals surface area contributed by atoms with Crippen molar-refractivity contribution in [3.8, 4) is 11.4 Å². The lowest BCUT2D eigenvalue weighted by Crippen LogP contribution is -2.26. The van der Waals surface area contributed by atoms with Crippen LogP contribution in [0.3, 0.4) is 0 Å². The van der Waals surface area contributed by atoms with Gasteiger partial charge in [0.25, 0.3) is 5.56 Å². The first-order chi connectivity index (χ1) is 12.0. The van der Waals surface area contributed by atoms with Crippen LogP contribution in [0.2, 0.25) is 0 Å². The first kappa shape index (κ1) is 18.3. The maximum absolute atomic E-state index is 12.3. The third-order valence-corrected chi connectivity index (χ3v) is 3.65. The number of aliphatic carboxylic acids is 1. The quantitative estimate of drug-likeness (QED) is 0.615. The largest absolute Gasteiger partial charge is 0.481 e. The molecule has 0 bridgehead atoms. The maximum atomic E-state index is 12.3. The predicted octanol–water partition coefficient (Wildman–Crippen LogP) is 1.05. The molecule has 0 spiro atoms. The zero-order valence-electron chi connectivity index (χ0n) is 13.9. The highest BCUT2D eigenvalue weighted by atomic mass is 16.4. The number of carboxylic acids is 1. The second-order valence-corrected chi connectivity index (χ2v) is 5.57. The molecule has 0 saturated heterocycles. The van der Waals surface area contributed by atoms with Gasteiger partial charge in [0, 0.05) is 48.6 Å². The lowest BCUT2D eigenvalue weighted by molar-refractivity contribution is -0.137. The zero-order valence-corrected chi connectivity index (χ0v) is 13.9. The normalized spacial score (nSPS) is 10.4. The van der Waals surface area contributed by atoms with E-state index in [1.54, 1.807) is 31.5 Å². The number of hydrogen-bond donors (Lipinski definition) is 3. The summed E-state index contributed by atoms with van der Waals surface area (Å²) in [5.74, 6) is -0.672. The van der Waals surface area contributed by atoms with Gasteiger partial charge in [-0.3, -0.25) is 19.4 Å². The van der Waals surface area contributed by atoms with Crippen LogP contribution in [0.25, 0.3) is 11.4 Å². The molecule has 0 unspecified atom stereocenters. The summed E-state index contributed by atoms with van der Waals surface area (Å²) in [6.45, 7) is 2.04. The maximum Gasteiger partial charge on any atom is 0.303 e. The van der Waals surface area contributed by atoms with Crippen LogP contribution in [0.4, 0.5) is 0 Å². The van der Waals surface area contributed by atoms with Crippen LogP contribution in [-0.4, -0.2) is 38.5 Å². The summed E-state index contributed by atoms with van der Waals surface area (Å²) in [5, 5.41) is 11.2. The van der Waals surface area contributed by atoms with Crippen molar-refractivity contribution in [3.05, 3.63) is 46.1 Å². The van der Waals surface area contributed by atoms with E-state index in [9.17, 15) is 14.4 Å². The molecular weight excluding hydrogens is 324 g/mol. The van der Waals surface area contributed by atoms with E-state index in [2.05, 4.69) is 20.3 Å². The molecule has 0 radical (unpaired) electrons. The average Bonchev–Trinajstić information content (AvgIpc) is 2.58. The number of rotatable bonds is 8. The highest BCUT2D eigenvalue weighted by Crippen LogP contribution is 2.13. The minimum absolute atomic E-state index is 0.0127. The van der Waals surface area contributed by atoms with E-state index in [0.29, 0.717) is 35.6 Å². The number of carbonyl (C=O) groups excluding carboxylic acids is 1. The molecule has 3 N–H and O–H groups in total. The van der Waals surface area contributed by atoms with Crippen molar-refractivity contribution in [1.82, 2.24) is 20.3 Å². The molecule has 8 heteroatoms. The van der Waals surface area contributed by atoms with Crippen LogP contribution < -0.4 is 10.9 Å². The summed E-state index contributed by atoms with van der Waals surface area (Å²) in [6.07, 6.45) is 4.05. The SMILES string of the molecule is Cc1nc(-c2cccnc2)[nH]c(=O)c1CCC(=O)NCCCC(=O)O. The van der Waals surface area contributed by atoms with Crippen molar-refractivity contribution >= 4 is 11.9 Å². The number of carbonyl (C=O) groups is 2. The van der Waals surface area contributed by atoms with Gasteiger partial charge >= 0.3 is 5.97 Å². The second kappa shape index (κ2) is 8.72. The van der Waals surface area contributed by atoms with E-state index >= 15 is 0 Å². The standard InChI is InChI=1S/C17H20N4O4/c1-11-13(6-7-14(22)19-9-3-5-15(23)24)17(25)21-16(20-11)12-4-2-8-18-10-12/h2,4,8,10H,3,5-7,9H2,1H3,(H,19,22)(H,23,24)(H,20,21,25). The van der Waals surface area contributed by atoms with E-state index in [0.717, 1.165) is 0 Å². The summed E-state index contributed by atoms with van der Waals surface area (Å²) in [7, 11) is 0. The number of carboxylic acid groups (broad SMARTS) is 1. The third-order valence-electron chi connectivity index (χ3n) is 3.65. The lowest BCUT2D eigenvalue weighted by atomic mass is 10.1. The molecule has 1 amide bonds. The molecule has 0 aromatic carbocycles. The lowest BCUT2D eigenvalue weighted by Gasteiger charge is -2.08. The summed E-state index contributed by atoms with van der Waals surface area (Å²) < 4.78 is 0. The molecular formula is C17H20N4O4. The Kier molecular flexibility index (Phi) is 6.39. The molecule has 25 heavy (non-hydrogen) atoms. The van der Waals surface area contributed by atoms with Crippen molar-refractivity contribution in [2.75, 3.05) is 6.54 Å². The van der Waals surface area contributed by atoms with Gasteiger partial charge in [-0.05, 0) is 31.9 Å². The summed E-state index contributed by atoms with van der Waals surface area (Å²) in [4.78, 5) is 45.5. The van der Waals surface area contributed by atoms with E-state index in [4.69, 9.17) is 5.11 Å². The Hall–Kier alpha value is -3.03. The van der Waals surface area contributed by atoms with Crippen LogP contribution in [0, 0.1) is 6.92 Å². The minimum atomic E-state index is -0.892. The van der Waals surface area contributed by atoms with Crippen LogP contribution in [0.15, 0.2) is 29.3 Å². The van der Waals surface area contributed by atoms with E-state index in [1.807, 2.05) is 0 Å². The van der Waals surface area contributed by atoms with Gasteiger partial charge in [0.05, 0.1) is 0 Å². The monoisotopic (exact) mass is 344 g/mol. The number of nitrogens with one attached hydrogen (secondary N) is 2. The number of amides is 1. The molecule has 0 saturated carbocycles. The fraction of sp³-hybridized carbons (Fsp3) is 0.353. The van der Waals surface area contributed by atoms with Crippen molar-refractivity contribution in [2.24, 2.45) is 0 Å². The molecule has 2 aromatic rings. The molecule has 8 nitrogen and oxygen atoms in total. The molecule has 0 aliphatic rings. The minimum Gasteiger partial charge on any atom is -0.481 e. The molecule has 132 valence electrons. The second-order valence-electron chi connectivity index (χ2n) is 5.57. The first-order valence-electron chi connectivity index (χ1n) is 7.96. The van der Waals surface area contributed by atoms with Gasteiger partial charge in [-0.2, -0.15) is 0 Å². The number of aromatic amines is 1. The van der Waals surface area contributed by atoms with Crippen LogP contribution >= 0.6 is 0 Å². The Morgan fingerprint density at radius 1 is 1.32 bits per heavy atom. The Morgan fingerprint density at radius 2 is 2.12 bits per heavy atom. The van der Waals surface area contributed by atoms with Gasteiger partial charge in [-0.15, -0.1) is 0 Å². The van der Waals surface area contributed by atoms with Gasteiger partial charge in [0.15, 0.2) is 0 Å². The van der Waals surface area contributed by atoms with Gasteiger partial charge in [-0.1, -0.05) is 0 Å². The van der Waals surface area contributed by atoms with Gasteiger partial charge < -0.3 is 15.4 Å². The molecule has 2 aromatic heterocycles. The number of hydrogen-bond acceptors (Lipinski definition) is 5. The van der Waals surface area contributed by atoms with E-state index in [-0.39, 0.29) is 30.7 Å².